The maximum atomic E-state index is 11.4. The fourth-order valence-electron chi connectivity index (χ4n) is 1.50. The molecule has 0 bridgehead atoms. The zero-order valence-corrected chi connectivity index (χ0v) is 11.1. The van der Waals surface area contributed by atoms with Gasteiger partial charge in [-0.1, -0.05) is 18.7 Å². The van der Waals surface area contributed by atoms with Crippen LogP contribution in [-0.4, -0.2) is 35.5 Å². The van der Waals surface area contributed by atoms with E-state index in [1.165, 1.54) is 6.42 Å². The predicted molar refractivity (Wildman–Crippen MR) is 69.9 cm³/mol. The van der Waals surface area contributed by atoms with Gasteiger partial charge in [0.05, 0.1) is 0 Å². The van der Waals surface area contributed by atoms with Crippen LogP contribution in [0.15, 0.2) is 4.99 Å². The maximum absolute atomic E-state index is 11.4. The lowest BCUT2D eigenvalue weighted by Gasteiger charge is -2.24. The summed E-state index contributed by atoms with van der Waals surface area (Å²) in [5.41, 5.74) is 0. The molecule has 0 saturated carbocycles. The van der Waals surface area contributed by atoms with E-state index in [-0.39, 0.29) is 18.5 Å². The number of rotatable bonds is 4. The standard InChI is InChI=1S/C11H21N3OS/c1-4-9-5-6-16-11(14-9)12-7-10(15)13-8(2)3/h8-9H,4-7H2,1-3H3,(H,12,14)(H,13,15). The quantitative estimate of drug-likeness (QED) is 0.784. The van der Waals surface area contributed by atoms with Gasteiger partial charge < -0.3 is 10.6 Å². The van der Waals surface area contributed by atoms with E-state index < -0.39 is 0 Å². The predicted octanol–water partition coefficient (Wildman–Crippen LogP) is 1.37. The SMILES string of the molecule is CCC1CCSC(=NCC(=O)NC(C)C)N1. The Balaban J connectivity index is 2.35. The lowest BCUT2D eigenvalue weighted by molar-refractivity contribution is -0.120. The number of amidine groups is 1. The summed E-state index contributed by atoms with van der Waals surface area (Å²) in [6.45, 7) is 6.29. The second kappa shape index (κ2) is 6.78. The summed E-state index contributed by atoms with van der Waals surface area (Å²) in [6, 6.07) is 0.705. The first-order valence-electron chi connectivity index (χ1n) is 5.85. The molecule has 0 aromatic rings. The molecule has 1 saturated heterocycles. The second-order valence-corrected chi connectivity index (χ2v) is 5.31. The molecule has 1 heterocycles. The van der Waals surface area contributed by atoms with Gasteiger partial charge in [-0.25, -0.2) is 0 Å². The molecule has 1 fully saturated rings. The van der Waals surface area contributed by atoms with Gasteiger partial charge in [0, 0.05) is 17.8 Å². The van der Waals surface area contributed by atoms with Crippen molar-refractivity contribution in [3.05, 3.63) is 0 Å². The minimum atomic E-state index is -0.0106. The van der Waals surface area contributed by atoms with Gasteiger partial charge in [-0.15, -0.1) is 0 Å². The summed E-state index contributed by atoms with van der Waals surface area (Å²) in [4.78, 5) is 15.7. The first kappa shape index (κ1) is 13.4. The highest BCUT2D eigenvalue weighted by Crippen LogP contribution is 2.15. The van der Waals surface area contributed by atoms with Gasteiger partial charge in [-0.3, -0.25) is 9.79 Å². The van der Waals surface area contributed by atoms with Gasteiger partial charge >= 0.3 is 0 Å². The number of thioether (sulfide) groups is 1. The Morgan fingerprint density at radius 3 is 3.06 bits per heavy atom. The van der Waals surface area contributed by atoms with Crippen molar-refractivity contribution in [2.45, 2.75) is 45.7 Å². The molecular formula is C11H21N3OS. The molecule has 1 rings (SSSR count). The Morgan fingerprint density at radius 1 is 1.69 bits per heavy atom. The molecule has 16 heavy (non-hydrogen) atoms. The number of amides is 1. The van der Waals surface area contributed by atoms with E-state index in [2.05, 4.69) is 22.5 Å². The van der Waals surface area contributed by atoms with Crippen molar-refractivity contribution in [2.75, 3.05) is 12.3 Å². The Morgan fingerprint density at radius 2 is 2.44 bits per heavy atom. The molecular weight excluding hydrogens is 222 g/mol. The molecule has 2 N–H and O–H groups in total. The first-order chi connectivity index (χ1) is 7.61. The Kier molecular flexibility index (Phi) is 5.66. The molecule has 0 aliphatic carbocycles. The molecule has 1 unspecified atom stereocenters. The molecule has 4 nitrogen and oxygen atoms in total. The van der Waals surface area contributed by atoms with Crippen molar-refractivity contribution in [2.24, 2.45) is 4.99 Å². The molecule has 1 aliphatic heterocycles. The highest BCUT2D eigenvalue weighted by molar-refractivity contribution is 8.13. The topological polar surface area (TPSA) is 53.5 Å². The highest BCUT2D eigenvalue weighted by atomic mass is 32.2. The number of carbonyl (C=O) groups excluding carboxylic acids is 1. The van der Waals surface area contributed by atoms with Crippen LogP contribution in [0.5, 0.6) is 0 Å². The van der Waals surface area contributed by atoms with E-state index in [0.29, 0.717) is 6.04 Å². The summed E-state index contributed by atoms with van der Waals surface area (Å²) >= 11 is 1.70. The van der Waals surface area contributed by atoms with Gasteiger partial charge in [0.2, 0.25) is 5.91 Å². The third-order valence-corrected chi connectivity index (χ3v) is 3.30. The molecule has 5 heteroatoms. The normalized spacial score (nSPS) is 23.2. The first-order valence-corrected chi connectivity index (χ1v) is 6.83. The number of nitrogens with one attached hydrogen (secondary N) is 2. The van der Waals surface area contributed by atoms with E-state index >= 15 is 0 Å². The number of hydrogen-bond donors (Lipinski definition) is 2. The van der Waals surface area contributed by atoms with Crippen LogP contribution in [0.25, 0.3) is 0 Å². The number of carbonyl (C=O) groups is 1. The summed E-state index contributed by atoms with van der Waals surface area (Å²) in [7, 11) is 0. The van der Waals surface area contributed by atoms with Gasteiger partial charge in [0.1, 0.15) is 6.54 Å². The molecule has 1 atom stereocenters. The monoisotopic (exact) mass is 243 g/mol. The lowest BCUT2D eigenvalue weighted by atomic mass is 10.2. The van der Waals surface area contributed by atoms with Gasteiger partial charge in [-0.2, -0.15) is 0 Å². The van der Waals surface area contributed by atoms with Gasteiger partial charge in [0.15, 0.2) is 5.17 Å². The minimum Gasteiger partial charge on any atom is -0.362 e. The number of hydrogen-bond acceptors (Lipinski definition) is 3. The van der Waals surface area contributed by atoms with E-state index in [0.717, 1.165) is 17.3 Å². The summed E-state index contributed by atoms with van der Waals surface area (Å²) in [5.74, 6) is 1.08. The van der Waals surface area contributed by atoms with E-state index in [4.69, 9.17) is 0 Å². The minimum absolute atomic E-state index is 0.0106. The van der Waals surface area contributed by atoms with Crippen LogP contribution in [0, 0.1) is 0 Å². The molecule has 92 valence electrons. The second-order valence-electron chi connectivity index (χ2n) is 4.23. The third-order valence-electron chi connectivity index (χ3n) is 2.34. The Labute approximate surface area is 102 Å². The van der Waals surface area contributed by atoms with E-state index in [9.17, 15) is 4.79 Å². The summed E-state index contributed by atoms with van der Waals surface area (Å²) in [6.07, 6.45) is 2.29. The average Bonchev–Trinajstić information content (AvgIpc) is 2.26. The molecule has 0 aromatic carbocycles. The smallest absolute Gasteiger partial charge is 0.241 e. The van der Waals surface area contributed by atoms with E-state index in [1.807, 2.05) is 13.8 Å². The van der Waals surface area contributed by atoms with Gasteiger partial charge in [-0.05, 0) is 26.7 Å². The fraction of sp³-hybridized carbons (Fsp3) is 0.818. The maximum Gasteiger partial charge on any atom is 0.241 e. The van der Waals surface area contributed by atoms with Crippen molar-refractivity contribution in [1.29, 1.82) is 0 Å². The zero-order chi connectivity index (χ0) is 12.0. The van der Waals surface area contributed by atoms with Crippen molar-refractivity contribution in [1.82, 2.24) is 10.6 Å². The lowest BCUT2D eigenvalue weighted by Crippen LogP contribution is -2.38. The van der Waals surface area contributed by atoms with Crippen molar-refractivity contribution >= 4 is 22.8 Å². The third kappa shape index (κ3) is 4.88. The van der Waals surface area contributed by atoms with Gasteiger partial charge in [0.25, 0.3) is 0 Å². The van der Waals surface area contributed by atoms with Crippen molar-refractivity contribution < 1.29 is 4.79 Å². The fourth-order valence-corrected chi connectivity index (χ4v) is 2.50. The van der Waals surface area contributed by atoms with Crippen LogP contribution < -0.4 is 10.6 Å². The number of nitrogens with zero attached hydrogens (tertiary/aromatic N) is 1. The zero-order valence-electron chi connectivity index (χ0n) is 10.2. The average molecular weight is 243 g/mol. The summed E-state index contributed by atoms with van der Waals surface area (Å²) < 4.78 is 0. The van der Waals surface area contributed by atoms with Crippen LogP contribution in [0.3, 0.4) is 0 Å². The van der Waals surface area contributed by atoms with Crippen LogP contribution >= 0.6 is 11.8 Å². The largest absolute Gasteiger partial charge is 0.362 e. The van der Waals surface area contributed by atoms with Crippen LogP contribution in [-0.2, 0) is 4.79 Å². The van der Waals surface area contributed by atoms with Crippen LogP contribution in [0.1, 0.15) is 33.6 Å². The van der Waals surface area contributed by atoms with E-state index in [1.54, 1.807) is 11.8 Å². The molecule has 0 aromatic heterocycles. The van der Waals surface area contributed by atoms with Crippen molar-refractivity contribution in [3.8, 4) is 0 Å². The molecule has 1 aliphatic rings. The molecule has 1 amide bonds. The van der Waals surface area contributed by atoms with Crippen LogP contribution in [0.2, 0.25) is 0 Å². The summed E-state index contributed by atoms with van der Waals surface area (Å²) in [5, 5.41) is 7.08. The molecule has 0 radical (unpaired) electrons. The van der Waals surface area contributed by atoms with Crippen LogP contribution in [0.4, 0.5) is 0 Å². The Hall–Kier alpha value is -0.710. The highest BCUT2D eigenvalue weighted by Gasteiger charge is 2.15. The number of aliphatic imine (C=N–C) groups is 1. The Bertz CT molecular complexity index is 266. The van der Waals surface area contributed by atoms with Crippen molar-refractivity contribution in [3.63, 3.8) is 0 Å². The molecule has 0 spiro atoms.